The Balaban J connectivity index is 6.47. The van der Waals surface area contributed by atoms with Gasteiger partial charge in [0.15, 0.2) is 5.60 Å². The highest BCUT2D eigenvalue weighted by Gasteiger charge is 2.93. The van der Waals surface area contributed by atoms with Gasteiger partial charge in [-0.25, -0.2) is 4.79 Å². The molecular weight excluding hydrogens is 513 g/mol. The molecule has 0 aromatic heterocycles. The van der Waals surface area contributed by atoms with E-state index in [1.807, 2.05) is 0 Å². The number of hydrogen-bond donors (Lipinski definition) is 1. The first-order chi connectivity index (χ1) is 13.8. The van der Waals surface area contributed by atoms with Crippen LogP contribution in [0.25, 0.3) is 0 Å². The van der Waals surface area contributed by atoms with Crippen LogP contribution in [0.1, 0.15) is 34.1 Å². The van der Waals surface area contributed by atoms with Crippen molar-refractivity contribution >= 4 is 5.97 Å². The molecule has 0 aliphatic carbocycles. The van der Waals surface area contributed by atoms with Gasteiger partial charge in [0.05, 0.1) is 6.42 Å². The number of carbonyl (C=O) groups is 1. The molecule has 0 radical (unpaired) electrons. The highest BCUT2D eigenvalue weighted by atomic mass is 19.4. The van der Waals surface area contributed by atoms with Crippen molar-refractivity contribution in [2.45, 2.75) is 87.0 Å². The van der Waals surface area contributed by atoms with Crippen LogP contribution in [-0.2, 0) is 9.53 Å². The lowest BCUT2D eigenvalue weighted by Crippen LogP contribution is -2.73. The van der Waals surface area contributed by atoms with Crippen LogP contribution in [0, 0.1) is 0 Å². The number of aliphatic hydroxyl groups is 1. The predicted molar refractivity (Wildman–Crippen MR) is 76.8 cm³/mol. The van der Waals surface area contributed by atoms with E-state index in [1.165, 1.54) is 0 Å². The fourth-order valence-electron chi connectivity index (χ4n) is 2.00. The van der Waals surface area contributed by atoms with Crippen LogP contribution in [0.5, 0.6) is 0 Å². The van der Waals surface area contributed by atoms with E-state index in [2.05, 4.69) is 4.74 Å². The van der Waals surface area contributed by atoms with Crippen molar-refractivity contribution < 1.29 is 80.5 Å². The zero-order valence-electron chi connectivity index (χ0n) is 16.6. The summed E-state index contributed by atoms with van der Waals surface area (Å²) < 4.78 is 201. The van der Waals surface area contributed by atoms with Gasteiger partial charge in [-0.1, -0.05) is 0 Å². The number of rotatable bonds is 8. The smallest absolute Gasteiger partial charge is 0.458 e. The van der Waals surface area contributed by atoms with Crippen molar-refractivity contribution in [2.75, 3.05) is 0 Å². The third-order valence-electron chi connectivity index (χ3n) is 3.80. The maximum atomic E-state index is 13.8. The molecule has 0 bridgehead atoms. The average Bonchev–Trinajstić information content (AvgIpc) is 2.50. The van der Waals surface area contributed by atoms with E-state index in [0.29, 0.717) is 0 Å². The van der Waals surface area contributed by atoms with Crippen LogP contribution in [0.2, 0.25) is 0 Å². The maximum absolute atomic E-state index is 13.8. The van der Waals surface area contributed by atoms with E-state index >= 15 is 0 Å². The van der Waals surface area contributed by atoms with Gasteiger partial charge >= 0.3 is 47.7 Å². The summed E-state index contributed by atoms with van der Waals surface area (Å²) in [6, 6.07) is 0. The quantitative estimate of drug-likeness (QED) is 0.318. The molecule has 0 aromatic rings. The van der Waals surface area contributed by atoms with Gasteiger partial charge in [0.2, 0.25) is 0 Å². The second-order valence-electron chi connectivity index (χ2n) is 8.03. The zero-order valence-corrected chi connectivity index (χ0v) is 16.6. The Kier molecular flexibility index (Phi) is 7.57. The molecule has 0 aliphatic rings. The lowest BCUT2D eigenvalue weighted by atomic mass is 9.86. The minimum absolute atomic E-state index is 0.0617. The van der Waals surface area contributed by atoms with Gasteiger partial charge in [-0.3, -0.25) is 0 Å². The molecular formula is C15H15F15O3. The summed E-state index contributed by atoms with van der Waals surface area (Å²) in [4.78, 5) is 11.6. The lowest BCUT2D eigenvalue weighted by Gasteiger charge is -2.42. The summed E-state index contributed by atoms with van der Waals surface area (Å²) in [6.45, 7) is 3.04. The highest BCUT2D eigenvalue weighted by Crippen LogP contribution is 2.63. The SMILES string of the molecule is CC(C)(C)OC(=O)C(C)(O)CC(F)(F)C(F)(F)C(F)(F)C(F)(F)C(F)(F)C(F)(F)C(F)(F)F. The molecule has 1 N–H and O–H groups in total. The van der Waals surface area contributed by atoms with Crippen LogP contribution in [0.15, 0.2) is 0 Å². The molecule has 3 nitrogen and oxygen atoms in total. The summed E-state index contributed by atoms with van der Waals surface area (Å²) in [5.74, 6) is -50.0. The second kappa shape index (κ2) is 7.96. The van der Waals surface area contributed by atoms with Gasteiger partial charge in [-0.15, -0.1) is 0 Å². The number of halogens is 15. The van der Waals surface area contributed by atoms with Crippen LogP contribution < -0.4 is 0 Å². The molecule has 0 spiro atoms. The third-order valence-corrected chi connectivity index (χ3v) is 3.80. The van der Waals surface area contributed by atoms with E-state index in [-0.39, 0.29) is 6.92 Å². The Morgan fingerprint density at radius 1 is 0.606 bits per heavy atom. The Morgan fingerprint density at radius 2 is 0.909 bits per heavy atom. The van der Waals surface area contributed by atoms with E-state index in [0.717, 1.165) is 20.8 Å². The first-order valence-corrected chi connectivity index (χ1v) is 8.13. The van der Waals surface area contributed by atoms with Crippen LogP contribution in [-0.4, -0.2) is 64.0 Å². The summed E-state index contributed by atoms with van der Waals surface area (Å²) in [6.07, 6.45) is -10.9. The molecule has 0 amide bonds. The molecule has 0 aromatic carbocycles. The van der Waals surface area contributed by atoms with Gasteiger partial charge in [-0.2, -0.15) is 65.9 Å². The van der Waals surface area contributed by atoms with Gasteiger partial charge in [-0.05, 0) is 27.7 Å². The van der Waals surface area contributed by atoms with E-state index < -0.39 is 65.3 Å². The van der Waals surface area contributed by atoms with E-state index in [1.54, 1.807) is 0 Å². The normalized spacial score (nSPS) is 17.6. The average molecular weight is 528 g/mol. The number of hydrogen-bond acceptors (Lipinski definition) is 3. The largest absolute Gasteiger partial charge is 0.460 e. The van der Waals surface area contributed by atoms with Crippen LogP contribution in [0.4, 0.5) is 65.9 Å². The fourth-order valence-corrected chi connectivity index (χ4v) is 2.00. The van der Waals surface area contributed by atoms with Crippen molar-refractivity contribution in [3.8, 4) is 0 Å². The van der Waals surface area contributed by atoms with E-state index in [9.17, 15) is 75.8 Å². The third kappa shape index (κ3) is 5.08. The molecule has 33 heavy (non-hydrogen) atoms. The Labute approximate surface area is 174 Å². The summed E-state index contributed by atoms with van der Waals surface area (Å²) in [7, 11) is 0. The van der Waals surface area contributed by atoms with Gasteiger partial charge in [0.1, 0.15) is 5.60 Å². The number of alkyl halides is 15. The Bertz CT molecular complexity index is 732. The number of ether oxygens (including phenoxy) is 1. The van der Waals surface area contributed by atoms with E-state index in [4.69, 9.17) is 0 Å². The van der Waals surface area contributed by atoms with Crippen molar-refractivity contribution in [3.63, 3.8) is 0 Å². The first-order valence-electron chi connectivity index (χ1n) is 8.13. The molecule has 1 unspecified atom stereocenters. The summed E-state index contributed by atoms with van der Waals surface area (Å²) in [5.41, 5.74) is -5.51. The van der Waals surface area contributed by atoms with Crippen molar-refractivity contribution in [1.29, 1.82) is 0 Å². The maximum Gasteiger partial charge on any atom is 0.460 e. The Morgan fingerprint density at radius 3 is 1.21 bits per heavy atom. The van der Waals surface area contributed by atoms with Crippen LogP contribution >= 0.6 is 0 Å². The molecule has 0 heterocycles. The number of carbonyl (C=O) groups excluding carboxylic acids is 1. The monoisotopic (exact) mass is 528 g/mol. The zero-order chi connectivity index (χ0) is 27.5. The van der Waals surface area contributed by atoms with Crippen molar-refractivity contribution in [2.24, 2.45) is 0 Å². The summed E-state index contributed by atoms with van der Waals surface area (Å²) in [5, 5.41) is 9.57. The van der Waals surface area contributed by atoms with Crippen LogP contribution in [0.3, 0.4) is 0 Å². The molecule has 0 saturated carbocycles. The Hall–Kier alpha value is -1.62. The predicted octanol–water partition coefficient (Wildman–Crippen LogP) is 5.84. The molecule has 0 aliphatic heterocycles. The van der Waals surface area contributed by atoms with Gasteiger partial charge in [0, 0.05) is 0 Å². The second-order valence-corrected chi connectivity index (χ2v) is 8.03. The first kappa shape index (κ1) is 31.4. The lowest BCUT2D eigenvalue weighted by molar-refractivity contribution is -0.453. The molecule has 1 atom stereocenters. The van der Waals surface area contributed by atoms with Gasteiger partial charge in [0.25, 0.3) is 0 Å². The highest BCUT2D eigenvalue weighted by molar-refractivity contribution is 5.79. The topological polar surface area (TPSA) is 46.5 Å². The molecule has 0 saturated heterocycles. The number of esters is 1. The molecule has 0 fully saturated rings. The fraction of sp³-hybridized carbons (Fsp3) is 0.933. The van der Waals surface area contributed by atoms with Crippen molar-refractivity contribution in [1.82, 2.24) is 0 Å². The minimum Gasteiger partial charge on any atom is -0.458 e. The molecule has 18 heteroatoms. The molecule has 0 rings (SSSR count). The van der Waals surface area contributed by atoms with Gasteiger partial charge < -0.3 is 9.84 Å². The summed E-state index contributed by atoms with van der Waals surface area (Å²) >= 11 is 0. The minimum atomic E-state index is -8.44. The molecule has 198 valence electrons. The standard InChI is InChI=1S/C15H15F15O3/c1-7(2,3)33-6(31)8(4,32)5-9(16,17)10(18,19)11(20,21)12(22,23)13(24,25)14(26,27)15(28,29)30/h32H,5H2,1-4H3. The van der Waals surface area contributed by atoms with Crippen molar-refractivity contribution in [3.05, 3.63) is 0 Å².